The molecule has 88 valence electrons. The molecule has 2 heterocycles. The molecule has 0 atom stereocenters. The van der Waals surface area contributed by atoms with Crippen molar-refractivity contribution in [1.82, 2.24) is 0 Å². The second-order valence-electron chi connectivity index (χ2n) is 2.61. The maximum Gasteiger partial charge on any atom is 0.476 e. The second-order valence-corrected chi connectivity index (χ2v) is 3.37. The molecule has 0 saturated carbocycles. The van der Waals surface area contributed by atoms with Crippen LogP contribution in [0.4, 0.5) is 7.77 Å². The van der Waals surface area contributed by atoms with Gasteiger partial charge in [-0.15, -0.1) is 0 Å². The number of carbonyl (C=O) groups is 1. The third-order valence-corrected chi connectivity index (χ3v) is 1.65. The van der Waals surface area contributed by atoms with E-state index in [9.17, 15) is 12.6 Å². The van der Waals surface area contributed by atoms with Gasteiger partial charge in [-0.25, -0.2) is 0 Å². The Labute approximate surface area is 90.1 Å². The summed E-state index contributed by atoms with van der Waals surface area (Å²) in [4.78, 5) is 10.4. The van der Waals surface area contributed by atoms with Gasteiger partial charge in [-0.1, -0.05) is 7.77 Å². The Balaban J connectivity index is 0.000000221. The van der Waals surface area contributed by atoms with Gasteiger partial charge in [0.15, 0.2) is 17.8 Å². The van der Waals surface area contributed by atoms with Crippen LogP contribution in [0.5, 0.6) is 17.2 Å². The zero-order valence-corrected chi connectivity index (χ0v) is 8.75. The Hall–Kier alpha value is -1.70. The van der Waals surface area contributed by atoms with Crippen molar-refractivity contribution in [1.29, 1.82) is 0 Å². The molecule has 0 amide bonds. The van der Waals surface area contributed by atoms with Gasteiger partial charge < -0.3 is 9.47 Å². The molecule has 0 N–H and O–H groups in total. The van der Waals surface area contributed by atoms with Crippen LogP contribution in [0, 0.1) is 0 Å². The van der Waals surface area contributed by atoms with Crippen molar-refractivity contribution in [3.8, 4) is 17.2 Å². The molecule has 3 rings (SSSR count). The van der Waals surface area contributed by atoms with Gasteiger partial charge in [-0.3, -0.25) is 4.79 Å². The topological polar surface area (TPSA) is 69.7 Å². The maximum atomic E-state index is 10.4. The third-order valence-electron chi connectivity index (χ3n) is 1.65. The van der Waals surface area contributed by atoms with E-state index in [1.807, 2.05) is 0 Å². The second kappa shape index (κ2) is 4.44. The first kappa shape index (κ1) is 12.4. The molecular weight excluding hydrogens is 246 g/mol. The minimum Gasteiger partial charge on any atom is -0.490 e. The van der Waals surface area contributed by atoms with Crippen LogP contribution in [0.15, 0.2) is 12.1 Å². The molecule has 5 nitrogen and oxygen atoms in total. The fourth-order valence-corrected chi connectivity index (χ4v) is 1.10. The number of benzene rings is 1. The standard InChI is InChI=1S/C8H6O3.F2O2S/c1-10-8-6-3-2-5(4-9)7(8)11-6;1-5(2,3)4/h2-4H,1H3;. The molecular formula is C8H6F2O5S. The van der Waals surface area contributed by atoms with E-state index in [0.29, 0.717) is 22.8 Å². The summed E-state index contributed by atoms with van der Waals surface area (Å²) in [6, 6.07) is 3.43. The molecule has 0 saturated heterocycles. The normalized spacial score (nSPS) is 11.4. The predicted octanol–water partition coefficient (Wildman–Crippen LogP) is 1.78. The lowest BCUT2D eigenvalue weighted by atomic mass is 10.1. The van der Waals surface area contributed by atoms with Crippen molar-refractivity contribution >= 4 is 16.9 Å². The Kier molecular flexibility index (Phi) is 3.43. The van der Waals surface area contributed by atoms with Crippen molar-refractivity contribution in [2.75, 3.05) is 7.11 Å². The van der Waals surface area contributed by atoms with Crippen molar-refractivity contribution in [2.45, 2.75) is 0 Å². The van der Waals surface area contributed by atoms with Crippen LogP contribution in [-0.2, 0) is 10.6 Å². The van der Waals surface area contributed by atoms with Gasteiger partial charge in [-0.2, -0.15) is 8.42 Å². The first-order chi connectivity index (χ1) is 7.36. The summed E-state index contributed by atoms with van der Waals surface area (Å²) in [5.74, 6) is 1.93. The van der Waals surface area contributed by atoms with Gasteiger partial charge >= 0.3 is 10.6 Å². The zero-order chi connectivity index (χ0) is 12.3. The number of aldehydes is 1. The number of methoxy groups -OCH3 is 1. The molecule has 0 aliphatic carbocycles. The van der Waals surface area contributed by atoms with Gasteiger partial charge in [0.2, 0.25) is 5.75 Å². The summed E-state index contributed by atoms with van der Waals surface area (Å²) in [6.45, 7) is 0. The quantitative estimate of drug-likeness (QED) is 0.602. The van der Waals surface area contributed by atoms with Crippen LogP contribution in [-0.4, -0.2) is 21.8 Å². The van der Waals surface area contributed by atoms with E-state index in [1.54, 1.807) is 19.2 Å². The Morgan fingerprint density at radius 2 is 1.94 bits per heavy atom. The largest absolute Gasteiger partial charge is 0.490 e. The van der Waals surface area contributed by atoms with Crippen LogP contribution in [0.25, 0.3) is 0 Å². The lowest BCUT2D eigenvalue weighted by molar-refractivity contribution is 0.111. The first-order valence-corrected chi connectivity index (χ1v) is 5.13. The molecule has 8 heteroatoms. The number of hydrogen-bond acceptors (Lipinski definition) is 5. The van der Waals surface area contributed by atoms with E-state index in [4.69, 9.17) is 17.9 Å². The van der Waals surface area contributed by atoms with Crippen molar-refractivity contribution in [3.63, 3.8) is 0 Å². The first-order valence-electron chi connectivity index (χ1n) is 3.85. The average molecular weight is 252 g/mol. The number of ether oxygens (including phenoxy) is 2. The fourth-order valence-electron chi connectivity index (χ4n) is 1.10. The molecule has 0 spiro atoms. The molecule has 0 radical (unpaired) electrons. The third kappa shape index (κ3) is 2.89. The number of fused-ring (bicyclic) bond motifs is 2. The Morgan fingerprint density at radius 1 is 1.38 bits per heavy atom. The molecule has 0 unspecified atom stereocenters. The number of halogens is 2. The minimum atomic E-state index is -5.67. The number of carbonyl (C=O) groups excluding carboxylic acids is 1. The van der Waals surface area contributed by atoms with E-state index in [2.05, 4.69) is 0 Å². The lowest BCUT2D eigenvalue weighted by Crippen LogP contribution is -2.04. The van der Waals surface area contributed by atoms with Crippen LogP contribution in [0.1, 0.15) is 10.4 Å². The highest BCUT2D eigenvalue weighted by Gasteiger charge is 2.26. The summed E-state index contributed by atoms with van der Waals surface area (Å²) in [5.41, 5.74) is 0.539. The van der Waals surface area contributed by atoms with Gasteiger partial charge in [-0.05, 0) is 12.1 Å². The molecule has 1 aromatic carbocycles. The highest BCUT2D eigenvalue weighted by molar-refractivity contribution is 7.81. The smallest absolute Gasteiger partial charge is 0.476 e. The fraction of sp³-hybridized carbons (Fsp3) is 0.125. The predicted molar refractivity (Wildman–Crippen MR) is 49.6 cm³/mol. The highest BCUT2D eigenvalue weighted by atomic mass is 32.3. The minimum absolute atomic E-state index is 0.539. The Morgan fingerprint density at radius 3 is 2.31 bits per heavy atom. The van der Waals surface area contributed by atoms with E-state index >= 15 is 0 Å². The number of rotatable bonds is 2. The van der Waals surface area contributed by atoms with Crippen molar-refractivity contribution in [2.24, 2.45) is 0 Å². The molecule has 2 bridgehead atoms. The summed E-state index contributed by atoms with van der Waals surface area (Å²) < 4.78 is 46.7. The van der Waals surface area contributed by atoms with Gasteiger partial charge in [0.05, 0.1) is 12.7 Å². The number of hydrogen-bond donors (Lipinski definition) is 0. The average Bonchev–Trinajstić information content (AvgIpc) is 2.15. The molecule has 16 heavy (non-hydrogen) atoms. The summed E-state index contributed by atoms with van der Waals surface area (Å²) in [5, 5.41) is 0. The van der Waals surface area contributed by atoms with Crippen LogP contribution in [0.2, 0.25) is 0 Å². The van der Waals surface area contributed by atoms with Crippen LogP contribution < -0.4 is 9.47 Å². The Bertz CT molecular complexity index is 503. The molecule has 2 aliphatic rings. The molecule has 0 fully saturated rings. The van der Waals surface area contributed by atoms with Gasteiger partial charge in [0, 0.05) is 0 Å². The van der Waals surface area contributed by atoms with Gasteiger partial charge in [0.25, 0.3) is 0 Å². The molecule has 2 aliphatic heterocycles. The monoisotopic (exact) mass is 252 g/mol. The highest BCUT2D eigenvalue weighted by Crippen LogP contribution is 2.51. The summed E-state index contributed by atoms with van der Waals surface area (Å²) in [7, 11) is -4.11. The van der Waals surface area contributed by atoms with Crippen molar-refractivity contribution < 1.29 is 30.5 Å². The van der Waals surface area contributed by atoms with Crippen LogP contribution in [0.3, 0.4) is 0 Å². The van der Waals surface area contributed by atoms with E-state index in [-0.39, 0.29) is 0 Å². The summed E-state index contributed by atoms with van der Waals surface area (Å²) >= 11 is 0. The maximum absolute atomic E-state index is 10.4. The van der Waals surface area contributed by atoms with Crippen molar-refractivity contribution in [3.05, 3.63) is 17.7 Å². The summed E-state index contributed by atoms with van der Waals surface area (Å²) in [6.07, 6.45) is 0.751. The van der Waals surface area contributed by atoms with E-state index in [1.165, 1.54) is 0 Å². The van der Waals surface area contributed by atoms with Crippen LogP contribution >= 0.6 is 0 Å². The SMILES string of the molecule is COc1c2ccc(C=O)c1O2.O=S(=O)(F)F. The molecule has 0 aromatic heterocycles. The van der Waals surface area contributed by atoms with E-state index in [0.717, 1.165) is 6.29 Å². The molecule has 1 aromatic rings. The van der Waals surface area contributed by atoms with Gasteiger partial charge in [0.1, 0.15) is 0 Å². The van der Waals surface area contributed by atoms with E-state index < -0.39 is 10.6 Å². The zero-order valence-electron chi connectivity index (χ0n) is 7.94. The lowest BCUT2D eigenvalue weighted by Gasteiger charge is -2.23.